The molecule has 8 nitrogen and oxygen atoms in total. The summed E-state index contributed by atoms with van der Waals surface area (Å²) in [5, 5.41) is 19.4. The second-order valence-electron chi connectivity index (χ2n) is 4.43. The lowest BCUT2D eigenvalue weighted by Crippen LogP contribution is -2.43. The van der Waals surface area contributed by atoms with Crippen molar-refractivity contribution in [1.29, 1.82) is 0 Å². The lowest BCUT2D eigenvalue weighted by atomic mass is 10.1. The van der Waals surface area contributed by atoms with Gasteiger partial charge in [-0.25, -0.2) is 0 Å². The maximum Gasteiger partial charge on any atom is 0.319 e. The van der Waals surface area contributed by atoms with Crippen LogP contribution >= 0.6 is 0 Å². The average molecular weight is 253 g/mol. The third kappa shape index (κ3) is 2.65. The minimum Gasteiger partial charge on any atom is -0.348 e. The Balaban J connectivity index is 1.99. The number of nitro groups is 1. The number of amides is 1. The summed E-state index contributed by atoms with van der Waals surface area (Å²) in [5.41, 5.74) is -0.445. The van der Waals surface area contributed by atoms with Crippen LogP contribution in [0.5, 0.6) is 0 Å². The first-order valence-electron chi connectivity index (χ1n) is 5.75. The molecule has 0 bridgehead atoms. The fraction of sp³-hybridized carbons (Fsp3) is 0.600. The summed E-state index contributed by atoms with van der Waals surface area (Å²) in [6.07, 6.45) is 2.81. The SMILES string of the molecule is CN1CCC(NC(=O)c2n[nH]cc2[N+](=O)[O-])CC1. The summed E-state index contributed by atoms with van der Waals surface area (Å²) in [4.78, 5) is 24.1. The van der Waals surface area contributed by atoms with Crippen molar-refractivity contribution < 1.29 is 9.72 Å². The van der Waals surface area contributed by atoms with Crippen molar-refractivity contribution in [2.75, 3.05) is 20.1 Å². The molecule has 1 aromatic rings. The smallest absolute Gasteiger partial charge is 0.319 e. The van der Waals surface area contributed by atoms with Crippen molar-refractivity contribution in [3.8, 4) is 0 Å². The number of likely N-dealkylation sites (tertiary alicyclic amines) is 1. The van der Waals surface area contributed by atoms with Crippen LogP contribution in [0, 0.1) is 10.1 Å². The number of rotatable bonds is 3. The molecule has 2 N–H and O–H groups in total. The van der Waals surface area contributed by atoms with E-state index in [4.69, 9.17) is 0 Å². The zero-order chi connectivity index (χ0) is 13.1. The maximum absolute atomic E-state index is 11.9. The normalized spacial score (nSPS) is 17.6. The maximum atomic E-state index is 11.9. The van der Waals surface area contributed by atoms with Crippen molar-refractivity contribution in [1.82, 2.24) is 20.4 Å². The molecule has 1 fully saturated rings. The van der Waals surface area contributed by atoms with E-state index in [-0.39, 0.29) is 17.4 Å². The number of aromatic nitrogens is 2. The lowest BCUT2D eigenvalue weighted by molar-refractivity contribution is -0.385. The van der Waals surface area contributed by atoms with Crippen molar-refractivity contribution in [2.45, 2.75) is 18.9 Å². The Bertz CT molecular complexity index is 450. The van der Waals surface area contributed by atoms with Crippen LogP contribution in [-0.4, -0.2) is 52.1 Å². The molecule has 1 aliphatic rings. The molecule has 1 aromatic heterocycles. The highest BCUT2D eigenvalue weighted by atomic mass is 16.6. The third-order valence-corrected chi connectivity index (χ3v) is 3.09. The number of aromatic amines is 1. The molecule has 98 valence electrons. The van der Waals surface area contributed by atoms with E-state index >= 15 is 0 Å². The van der Waals surface area contributed by atoms with Crippen LogP contribution in [0.3, 0.4) is 0 Å². The molecular weight excluding hydrogens is 238 g/mol. The Labute approximate surface area is 104 Å². The lowest BCUT2D eigenvalue weighted by Gasteiger charge is -2.29. The molecule has 8 heteroatoms. The van der Waals surface area contributed by atoms with E-state index in [1.165, 1.54) is 0 Å². The third-order valence-electron chi connectivity index (χ3n) is 3.09. The molecule has 0 aromatic carbocycles. The second kappa shape index (κ2) is 5.13. The molecule has 0 aliphatic carbocycles. The van der Waals surface area contributed by atoms with Gasteiger partial charge >= 0.3 is 5.69 Å². The summed E-state index contributed by atoms with van der Waals surface area (Å²) in [6.45, 7) is 1.82. The molecule has 0 unspecified atom stereocenters. The summed E-state index contributed by atoms with van der Waals surface area (Å²) in [6, 6.07) is 0.0602. The molecular formula is C10H15N5O3. The fourth-order valence-electron chi connectivity index (χ4n) is 2.00. The topological polar surface area (TPSA) is 104 Å². The molecule has 0 atom stereocenters. The molecule has 1 amide bonds. The van der Waals surface area contributed by atoms with Gasteiger partial charge in [-0.2, -0.15) is 5.10 Å². The Morgan fingerprint density at radius 1 is 1.61 bits per heavy atom. The molecule has 0 spiro atoms. The van der Waals surface area contributed by atoms with Gasteiger partial charge in [-0.3, -0.25) is 20.0 Å². The Hall–Kier alpha value is -1.96. The number of H-pyrrole nitrogens is 1. The van der Waals surface area contributed by atoms with Crippen molar-refractivity contribution in [3.63, 3.8) is 0 Å². The van der Waals surface area contributed by atoms with Gasteiger partial charge in [-0.1, -0.05) is 0 Å². The number of carbonyl (C=O) groups is 1. The minimum atomic E-state index is -0.618. The van der Waals surface area contributed by atoms with E-state index in [2.05, 4.69) is 20.4 Å². The molecule has 1 aliphatic heterocycles. The molecule has 1 saturated heterocycles. The van der Waals surface area contributed by atoms with Gasteiger partial charge in [-0.15, -0.1) is 0 Å². The Morgan fingerprint density at radius 2 is 2.28 bits per heavy atom. The summed E-state index contributed by atoms with van der Waals surface area (Å²) < 4.78 is 0. The van der Waals surface area contributed by atoms with E-state index in [1.807, 2.05) is 7.05 Å². The number of hydrogen-bond acceptors (Lipinski definition) is 5. The molecule has 0 saturated carbocycles. The van der Waals surface area contributed by atoms with Crippen LogP contribution in [0.15, 0.2) is 6.20 Å². The van der Waals surface area contributed by atoms with Gasteiger partial charge in [0.2, 0.25) is 5.69 Å². The first kappa shape index (κ1) is 12.5. The van der Waals surface area contributed by atoms with Gasteiger partial charge in [0, 0.05) is 6.04 Å². The predicted molar refractivity (Wildman–Crippen MR) is 63.2 cm³/mol. The van der Waals surface area contributed by atoms with Crippen LogP contribution in [0.1, 0.15) is 23.3 Å². The summed E-state index contributed by atoms with van der Waals surface area (Å²) in [7, 11) is 2.02. The van der Waals surface area contributed by atoms with Crippen molar-refractivity contribution in [2.24, 2.45) is 0 Å². The zero-order valence-electron chi connectivity index (χ0n) is 10.0. The Morgan fingerprint density at radius 3 is 2.89 bits per heavy atom. The van der Waals surface area contributed by atoms with Gasteiger partial charge in [0.25, 0.3) is 5.91 Å². The van der Waals surface area contributed by atoms with Crippen molar-refractivity contribution >= 4 is 11.6 Å². The van der Waals surface area contributed by atoms with Crippen molar-refractivity contribution in [3.05, 3.63) is 22.0 Å². The number of nitrogens with zero attached hydrogens (tertiary/aromatic N) is 3. The molecule has 2 rings (SSSR count). The zero-order valence-corrected chi connectivity index (χ0v) is 10.0. The molecule has 2 heterocycles. The fourth-order valence-corrected chi connectivity index (χ4v) is 2.00. The highest BCUT2D eigenvalue weighted by molar-refractivity contribution is 5.96. The van der Waals surface area contributed by atoms with Crippen LogP contribution in [0.25, 0.3) is 0 Å². The van der Waals surface area contributed by atoms with E-state index < -0.39 is 10.8 Å². The van der Waals surface area contributed by atoms with E-state index in [0.29, 0.717) is 0 Å². The number of piperidine rings is 1. The number of carbonyl (C=O) groups excluding carboxylic acids is 1. The van der Waals surface area contributed by atoms with Gasteiger partial charge in [0.05, 0.1) is 4.92 Å². The van der Waals surface area contributed by atoms with Gasteiger partial charge < -0.3 is 10.2 Å². The summed E-state index contributed by atoms with van der Waals surface area (Å²) >= 11 is 0. The summed E-state index contributed by atoms with van der Waals surface area (Å²) in [5.74, 6) is -0.488. The highest BCUT2D eigenvalue weighted by Gasteiger charge is 2.26. The van der Waals surface area contributed by atoms with Crippen LogP contribution < -0.4 is 5.32 Å². The largest absolute Gasteiger partial charge is 0.348 e. The van der Waals surface area contributed by atoms with Gasteiger partial charge in [0.15, 0.2) is 0 Å². The standard InChI is InChI=1S/C10H15N5O3/c1-14-4-2-7(3-5-14)12-10(16)9-8(15(17)18)6-11-13-9/h6-7H,2-5H2,1H3,(H,11,13)(H,12,16). The first-order valence-corrected chi connectivity index (χ1v) is 5.75. The number of nitrogens with one attached hydrogen (secondary N) is 2. The highest BCUT2D eigenvalue weighted by Crippen LogP contribution is 2.15. The quantitative estimate of drug-likeness (QED) is 0.589. The molecule has 0 radical (unpaired) electrons. The van der Waals surface area contributed by atoms with Gasteiger partial charge in [-0.05, 0) is 33.0 Å². The van der Waals surface area contributed by atoms with Crippen LogP contribution in [-0.2, 0) is 0 Å². The van der Waals surface area contributed by atoms with E-state index in [9.17, 15) is 14.9 Å². The minimum absolute atomic E-state index is 0.0602. The number of hydrogen-bond donors (Lipinski definition) is 2. The first-order chi connectivity index (χ1) is 8.58. The van der Waals surface area contributed by atoms with Crippen LogP contribution in [0.2, 0.25) is 0 Å². The van der Waals surface area contributed by atoms with E-state index in [1.54, 1.807) is 0 Å². The monoisotopic (exact) mass is 253 g/mol. The van der Waals surface area contributed by atoms with Gasteiger partial charge in [0.1, 0.15) is 6.20 Å². The second-order valence-corrected chi connectivity index (χ2v) is 4.43. The Kier molecular flexibility index (Phi) is 3.56. The van der Waals surface area contributed by atoms with E-state index in [0.717, 1.165) is 32.1 Å². The molecule has 18 heavy (non-hydrogen) atoms. The average Bonchev–Trinajstić information content (AvgIpc) is 2.81. The van der Waals surface area contributed by atoms with Crippen LogP contribution in [0.4, 0.5) is 5.69 Å². The predicted octanol–water partition coefficient (Wildman–Crippen LogP) is 0.142.